The van der Waals surface area contributed by atoms with E-state index in [0.29, 0.717) is 40.8 Å². The summed E-state index contributed by atoms with van der Waals surface area (Å²) in [6.07, 6.45) is 0.0562. The normalized spacial score (nSPS) is 10.9. The topological polar surface area (TPSA) is 82.5 Å². The van der Waals surface area contributed by atoms with Gasteiger partial charge in [-0.3, -0.25) is 15.0 Å². The molecule has 28 heavy (non-hydrogen) atoms. The lowest BCUT2D eigenvalue weighted by atomic mass is 10.1. The molecule has 3 rings (SSSR count). The van der Waals surface area contributed by atoms with Gasteiger partial charge in [0, 0.05) is 4.47 Å². The van der Waals surface area contributed by atoms with Crippen LogP contribution < -0.4 is 20.5 Å². The van der Waals surface area contributed by atoms with Gasteiger partial charge in [-0.25, -0.2) is 9.66 Å². The fourth-order valence-electron chi connectivity index (χ4n) is 2.73. The number of hydrogen-bond acceptors (Lipinski definition) is 6. The fraction of sp³-hybridized carbons (Fsp3) is 0.316. The van der Waals surface area contributed by atoms with Crippen molar-refractivity contribution >= 4 is 43.4 Å². The van der Waals surface area contributed by atoms with Crippen molar-refractivity contribution in [3.05, 3.63) is 49.8 Å². The third kappa shape index (κ3) is 4.20. The minimum absolute atomic E-state index is 0.0562. The third-order valence-corrected chi connectivity index (χ3v) is 5.51. The number of nitrogens with one attached hydrogen (secondary N) is 1. The number of amides is 1. The molecule has 1 aromatic carbocycles. The molecular formula is C19H20BrN3O4S. The minimum Gasteiger partial charge on any atom is -0.490 e. The quantitative estimate of drug-likeness (QED) is 0.575. The first-order valence-corrected chi connectivity index (χ1v) is 10.5. The Morgan fingerprint density at radius 2 is 1.93 bits per heavy atom. The molecule has 2 heterocycles. The summed E-state index contributed by atoms with van der Waals surface area (Å²) in [5.41, 5.74) is 3.07. The number of fused-ring (bicyclic) bond motifs is 1. The van der Waals surface area contributed by atoms with E-state index in [1.807, 2.05) is 13.8 Å². The fourth-order valence-corrected chi connectivity index (χ4v) is 4.00. The first-order chi connectivity index (χ1) is 13.4. The predicted molar refractivity (Wildman–Crippen MR) is 113 cm³/mol. The van der Waals surface area contributed by atoms with Gasteiger partial charge in [-0.05, 0) is 49.9 Å². The summed E-state index contributed by atoms with van der Waals surface area (Å²) in [4.78, 5) is 30.2. The third-order valence-electron chi connectivity index (χ3n) is 3.97. The number of thiophene rings is 1. The van der Waals surface area contributed by atoms with Crippen LogP contribution in [0.15, 0.2) is 32.8 Å². The molecule has 0 aliphatic rings. The molecule has 0 aliphatic carbocycles. The van der Waals surface area contributed by atoms with Crippen LogP contribution in [0.1, 0.15) is 25.2 Å². The number of rotatable bonds is 7. The molecule has 1 amide bonds. The molecule has 0 saturated carbocycles. The van der Waals surface area contributed by atoms with Crippen molar-refractivity contribution in [3.8, 4) is 11.5 Å². The summed E-state index contributed by atoms with van der Waals surface area (Å²) in [5.74, 6) is 1.27. The number of benzene rings is 1. The van der Waals surface area contributed by atoms with E-state index in [0.717, 1.165) is 10.0 Å². The van der Waals surface area contributed by atoms with Gasteiger partial charge in [0.25, 0.3) is 5.56 Å². The van der Waals surface area contributed by atoms with E-state index in [1.54, 1.807) is 30.5 Å². The van der Waals surface area contributed by atoms with Gasteiger partial charge in [0.1, 0.15) is 10.7 Å². The Balaban J connectivity index is 1.85. The van der Waals surface area contributed by atoms with Gasteiger partial charge < -0.3 is 9.47 Å². The summed E-state index contributed by atoms with van der Waals surface area (Å²) in [5, 5.41) is 2.29. The number of aromatic nitrogens is 2. The highest BCUT2D eigenvalue weighted by Gasteiger charge is 2.16. The second kappa shape index (κ2) is 8.74. The molecule has 0 bridgehead atoms. The molecule has 0 atom stereocenters. The molecule has 148 valence electrons. The second-order valence-corrected chi connectivity index (χ2v) is 7.66. The summed E-state index contributed by atoms with van der Waals surface area (Å²) in [7, 11) is 0. The standard InChI is InChI=1S/C19H20BrN3O4S/c1-4-26-15-8-12(14(20)10-16(15)27-5-2)9-17(24)22-23-11(3)21-18-13(19(23)25)6-7-28-18/h6-8,10H,4-5,9H2,1-3H3,(H,22,24). The van der Waals surface area contributed by atoms with E-state index in [1.165, 1.54) is 16.0 Å². The molecule has 9 heteroatoms. The van der Waals surface area contributed by atoms with E-state index in [-0.39, 0.29) is 17.9 Å². The number of carbonyl (C=O) groups excluding carboxylic acids is 1. The van der Waals surface area contributed by atoms with Crippen molar-refractivity contribution < 1.29 is 14.3 Å². The largest absolute Gasteiger partial charge is 0.490 e. The van der Waals surface area contributed by atoms with E-state index >= 15 is 0 Å². The van der Waals surface area contributed by atoms with Crippen LogP contribution in [-0.4, -0.2) is 28.8 Å². The summed E-state index contributed by atoms with van der Waals surface area (Å²) >= 11 is 4.87. The van der Waals surface area contributed by atoms with Gasteiger partial charge in [-0.1, -0.05) is 15.9 Å². The first kappa shape index (κ1) is 20.3. The van der Waals surface area contributed by atoms with E-state index in [2.05, 4.69) is 26.3 Å². The molecule has 0 saturated heterocycles. The Morgan fingerprint density at radius 1 is 1.25 bits per heavy atom. The van der Waals surface area contributed by atoms with Gasteiger partial charge in [-0.15, -0.1) is 11.3 Å². The van der Waals surface area contributed by atoms with Gasteiger partial charge in [0.15, 0.2) is 11.5 Å². The maximum atomic E-state index is 12.6. The van der Waals surface area contributed by atoms with Crippen molar-refractivity contribution in [2.24, 2.45) is 0 Å². The SMILES string of the molecule is CCOc1cc(Br)c(CC(=O)Nn2c(C)nc3sccc3c2=O)cc1OCC. The van der Waals surface area contributed by atoms with Crippen LogP contribution in [0.25, 0.3) is 10.2 Å². The summed E-state index contributed by atoms with van der Waals surface area (Å²) in [6.45, 7) is 6.44. The van der Waals surface area contributed by atoms with E-state index < -0.39 is 0 Å². The highest BCUT2D eigenvalue weighted by Crippen LogP contribution is 2.34. The highest BCUT2D eigenvalue weighted by atomic mass is 79.9. The monoisotopic (exact) mass is 465 g/mol. The zero-order chi connectivity index (χ0) is 20.3. The molecule has 3 aromatic rings. The van der Waals surface area contributed by atoms with Crippen molar-refractivity contribution in [3.63, 3.8) is 0 Å². The van der Waals surface area contributed by atoms with Gasteiger partial charge in [-0.2, -0.15) is 0 Å². The van der Waals surface area contributed by atoms with Crippen LogP contribution in [0, 0.1) is 6.92 Å². The van der Waals surface area contributed by atoms with Crippen molar-refractivity contribution in [1.82, 2.24) is 9.66 Å². The van der Waals surface area contributed by atoms with Crippen LogP contribution in [-0.2, 0) is 11.2 Å². The van der Waals surface area contributed by atoms with Crippen molar-refractivity contribution in [2.75, 3.05) is 18.6 Å². The Hall–Kier alpha value is -2.39. The van der Waals surface area contributed by atoms with Crippen LogP contribution in [0.5, 0.6) is 11.5 Å². The average Bonchev–Trinajstić information content (AvgIpc) is 3.11. The molecule has 0 fully saturated rings. The lowest BCUT2D eigenvalue weighted by Crippen LogP contribution is -2.36. The Labute approximate surface area is 174 Å². The Bertz CT molecular complexity index is 1080. The van der Waals surface area contributed by atoms with Crippen molar-refractivity contribution in [2.45, 2.75) is 27.2 Å². The smallest absolute Gasteiger partial charge is 0.281 e. The predicted octanol–water partition coefficient (Wildman–Crippen LogP) is 3.64. The maximum absolute atomic E-state index is 12.6. The lowest BCUT2D eigenvalue weighted by Gasteiger charge is -2.15. The molecule has 2 aromatic heterocycles. The van der Waals surface area contributed by atoms with E-state index in [9.17, 15) is 9.59 Å². The minimum atomic E-state index is -0.339. The molecule has 0 unspecified atom stereocenters. The van der Waals surface area contributed by atoms with Crippen LogP contribution in [0.3, 0.4) is 0 Å². The molecular weight excluding hydrogens is 446 g/mol. The molecule has 0 radical (unpaired) electrons. The zero-order valence-corrected chi connectivity index (χ0v) is 18.1. The Morgan fingerprint density at radius 3 is 2.61 bits per heavy atom. The second-order valence-electron chi connectivity index (χ2n) is 5.91. The number of carbonyl (C=O) groups is 1. The molecule has 0 spiro atoms. The van der Waals surface area contributed by atoms with Crippen LogP contribution in [0.4, 0.5) is 0 Å². The average molecular weight is 466 g/mol. The van der Waals surface area contributed by atoms with E-state index in [4.69, 9.17) is 9.47 Å². The lowest BCUT2D eigenvalue weighted by molar-refractivity contribution is -0.116. The molecule has 7 nitrogen and oxygen atoms in total. The van der Waals surface area contributed by atoms with Gasteiger partial charge in [0.05, 0.1) is 25.0 Å². The Kier molecular flexibility index (Phi) is 6.35. The van der Waals surface area contributed by atoms with Crippen LogP contribution >= 0.6 is 27.3 Å². The number of hydrogen-bond donors (Lipinski definition) is 1. The number of nitrogens with zero attached hydrogens (tertiary/aromatic N) is 2. The van der Waals surface area contributed by atoms with Crippen molar-refractivity contribution in [1.29, 1.82) is 0 Å². The van der Waals surface area contributed by atoms with Gasteiger partial charge in [0.2, 0.25) is 5.91 Å². The summed E-state index contributed by atoms with van der Waals surface area (Å²) in [6, 6.07) is 5.26. The first-order valence-electron chi connectivity index (χ1n) is 8.79. The van der Waals surface area contributed by atoms with Gasteiger partial charge >= 0.3 is 0 Å². The number of aryl methyl sites for hydroxylation is 1. The number of halogens is 1. The number of ether oxygens (including phenoxy) is 2. The van der Waals surface area contributed by atoms with Crippen LogP contribution in [0.2, 0.25) is 0 Å². The highest BCUT2D eigenvalue weighted by molar-refractivity contribution is 9.10. The summed E-state index contributed by atoms with van der Waals surface area (Å²) < 4.78 is 13.1. The molecule has 0 aliphatic heterocycles. The maximum Gasteiger partial charge on any atom is 0.281 e. The molecule has 1 N–H and O–H groups in total. The zero-order valence-electron chi connectivity index (χ0n) is 15.7.